The van der Waals surface area contributed by atoms with Gasteiger partial charge in [-0.1, -0.05) is 38.5 Å². The van der Waals surface area contributed by atoms with E-state index in [1.54, 1.807) is 0 Å². The number of carbonyl (C=O) groups excluding carboxylic acids is 1. The Balaban J connectivity index is 1.35. The molecule has 1 saturated carbocycles. The highest BCUT2D eigenvalue weighted by Crippen LogP contribution is 2.34. The number of Topliss-reactive ketones (excluding diaryl/α,β-unsaturated/α-hetero) is 1. The average molecular weight is 444 g/mol. The largest absolute Gasteiger partial charge is 0.350 e. The molecule has 8 heteroatoms. The van der Waals surface area contributed by atoms with E-state index in [-0.39, 0.29) is 6.04 Å². The summed E-state index contributed by atoms with van der Waals surface area (Å²) in [6.07, 6.45) is 8.09. The van der Waals surface area contributed by atoms with Gasteiger partial charge >= 0.3 is 0 Å². The van der Waals surface area contributed by atoms with Gasteiger partial charge in [0.1, 0.15) is 0 Å². The maximum Gasteiger partial charge on any atom is 0.204 e. The molecule has 2 atom stereocenters. The van der Waals surface area contributed by atoms with E-state index >= 15 is 0 Å². The fourth-order valence-electron chi connectivity index (χ4n) is 4.78. The fraction of sp³-hybridized carbons (Fsp3) is 0.400. The van der Waals surface area contributed by atoms with E-state index in [1.807, 2.05) is 24.4 Å². The van der Waals surface area contributed by atoms with Gasteiger partial charge in [-0.05, 0) is 53.3 Å². The normalized spacial score (nSPS) is 20.2. The number of hydrogen-bond acceptors (Lipinski definition) is 7. The predicted octanol–water partition coefficient (Wildman–Crippen LogP) is 4.01. The summed E-state index contributed by atoms with van der Waals surface area (Å²) >= 11 is 0. The van der Waals surface area contributed by atoms with E-state index in [2.05, 4.69) is 73.7 Å². The minimum Gasteiger partial charge on any atom is -0.350 e. The van der Waals surface area contributed by atoms with Crippen LogP contribution >= 0.6 is 0 Å². The van der Waals surface area contributed by atoms with Gasteiger partial charge in [-0.25, -0.2) is 0 Å². The molecule has 2 aromatic heterocycles. The number of tetrazole rings is 1. The van der Waals surface area contributed by atoms with Crippen LogP contribution in [0, 0.1) is 5.92 Å². The molecule has 0 radical (unpaired) electrons. The smallest absolute Gasteiger partial charge is 0.204 e. The molecular formula is C25H29N7O. The first kappa shape index (κ1) is 21.3. The van der Waals surface area contributed by atoms with Crippen LogP contribution in [0.15, 0.2) is 54.5 Å². The maximum absolute atomic E-state index is 12.2. The van der Waals surface area contributed by atoms with Crippen molar-refractivity contribution in [3.8, 4) is 22.5 Å². The van der Waals surface area contributed by atoms with Crippen molar-refractivity contribution in [2.45, 2.75) is 52.1 Å². The van der Waals surface area contributed by atoms with Gasteiger partial charge in [0.15, 0.2) is 5.78 Å². The van der Waals surface area contributed by atoms with Crippen molar-refractivity contribution in [1.82, 2.24) is 35.4 Å². The van der Waals surface area contributed by atoms with E-state index in [9.17, 15) is 4.79 Å². The number of unbranched alkanes of at least 4 members (excludes halogenated alkanes) is 1. The second-order valence-electron chi connectivity index (χ2n) is 9.02. The van der Waals surface area contributed by atoms with Crippen LogP contribution in [0.25, 0.3) is 22.5 Å². The van der Waals surface area contributed by atoms with E-state index in [0.29, 0.717) is 23.9 Å². The van der Waals surface area contributed by atoms with E-state index < -0.39 is 0 Å². The van der Waals surface area contributed by atoms with Crippen molar-refractivity contribution >= 4 is 5.78 Å². The van der Waals surface area contributed by atoms with E-state index in [0.717, 1.165) is 54.9 Å². The lowest BCUT2D eigenvalue weighted by Gasteiger charge is -2.39. The second-order valence-corrected chi connectivity index (χ2v) is 9.02. The first-order valence-electron chi connectivity index (χ1n) is 11.7. The van der Waals surface area contributed by atoms with Crippen LogP contribution in [0.5, 0.6) is 0 Å². The SMILES string of the molecule is CCCCC1=CN(C2C(=O)CC2C)CN1Cc1cc(-c2cccc(-c3nn[nH]n3)c2)ccn1. The van der Waals surface area contributed by atoms with Gasteiger partial charge in [-0.2, -0.15) is 5.21 Å². The van der Waals surface area contributed by atoms with Crippen molar-refractivity contribution in [3.63, 3.8) is 0 Å². The summed E-state index contributed by atoms with van der Waals surface area (Å²) in [4.78, 5) is 21.5. The highest BCUT2D eigenvalue weighted by atomic mass is 16.1. The molecule has 33 heavy (non-hydrogen) atoms. The zero-order valence-electron chi connectivity index (χ0n) is 19.1. The lowest BCUT2D eigenvalue weighted by atomic mass is 9.79. The topological polar surface area (TPSA) is 90.9 Å². The summed E-state index contributed by atoms with van der Waals surface area (Å²) in [6, 6.07) is 12.3. The number of aromatic amines is 1. The van der Waals surface area contributed by atoms with Gasteiger partial charge in [-0.3, -0.25) is 9.78 Å². The number of nitrogens with zero attached hydrogens (tertiary/aromatic N) is 6. The molecule has 1 fully saturated rings. The molecule has 170 valence electrons. The molecular weight excluding hydrogens is 414 g/mol. The number of allylic oxidation sites excluding steroid dienone is 1. The van der Waals surface area contributed by atoms with Gasteiger partial charge in [0.25, 0.3) is 0 Å². The molecule has 0 spiro atoms. The third-order valence-electron chi connectivity index (χ3n) is 6.56. The molecule has 1 aliphatic heterocycles. The highest BCUT2D eigenvalue weighted by Gasteiger charge is 2.42. The summed E-state index contributed by atoms with van der Waals surface area (Å²) < 4.78 is 0. The summed E-state index contributed by atoms with van der Waals surface area (Å²) in [5.74, 6) is 1.36. The molecule has 0 bridgehead atoms. The van der Waals surface area contributed by atoms with Gasteiger partial charge < -0.3 is 9.80 Å². The Labute approximate surface area is 193 Å². The molecule has 1 aliphatic carbocycles. The predicted molar refractivity (Wildman–Crippen MR) is 125 cm³/mol. The van der Waals surface area contributed by atoms with E-state index in [1.165, 1.54) is 5.70 Å². The first-order chi connectivity index (χ1) is 16.1. The molecule has 3 aromatic rings. The highest BCUT2D eigenvalue weighted by molar-refractivity contribution is 5.90. The van der Waals surface area contributed by atoms with Crippen LogP contribution in [-0.4, -0.2) is 53.9 Å². The molecule has 1 N–H and O–H groups in total. The summed E-state index contributed by atoms with van der Waals surface area (Å²) in [5.41, 5.74) is 5.41. The Kier molecular flexibility index (Phi) is 5.90. The quantitative estimate of drug-likeness (QED) is 0.562. The molecule has 1 aromatic carbocycles. The van der Waals surface area contributed by atoms with Crippen molar-refractivity contribution in [2.24, 2.45) is 5.92 Å². The standard InChI is InChI=1S/C25H29N7O/c1-3-4-8-22-15-32(24-17(2)11-23(24)33)16-31(22)14-21-13-19(9-10-26-21)18-6-5-7-20(12-18)25-27-29-30-28-25/h5-7,9-10,12-13,15,17,24H,3-4,8,11,14,16H2,1-2H3,(H,27,28,29,30). The summed E-state index contributed by atoms with van der Waals surface area (Å²) in [5, 5.41) is 14.3. The number of nitrogens with one attached hydrogen (secondary N) is 1. The molecule has 2 unspecified atom stereocenters. The van der Waals surface area contributed by atoms with Crippen molar-refractivity contribution < 1.29 is 4.79 Å². The lowest BCUT2D eigenvalue weighted by Crippen LogP contribution is -2.52. The van der Waals surface area contributed by atoms with E-state index in [4.69, 9.17) is 0 Å². The van der Waals surface area contributed by atoms with Gasteiger partial charge in [-0.15, -0.1) is 10.2 Å². The zero-order valence-corrected chi connectivity index (χ0v) is 19.1. The number of H-pyrrole nitrogens is 1. The second kappa shape index (κ2) is 9.13. The Morgan fingerprint density at radius 3 is 2.76 bits per heavy atom. The van der Waals surface area contributed by atoms with Crippen LogP contribution in [0.1, 0.15) is 45.2 Å². The fourth-order valence-corrected chi connectivity index (χ4v) is 4.78. The van der Waals surface area contributed by atoms with Crippen molar-refractivity contribution in [2.75, 3.05) is 6.67 Å². The third-order valence-corrected chi connectivity index (χ3v) is 6.56. The Morgan fingerprint density at radius 1 is 1.15 bits per heavy atom. The third kappa shape index (κ3) is 4.37. The minimum absolute atomic E-state index is 0.0267. The monoisotopic (exact) mass is 443 g/mol. The van der Waals surface area contributed by atoms with Crippen molar-refractivity contribution in [3.05, 3.63) is 60.2 Å². The first-order valence-corrected chi connectivity index (χ1v) is 11.7. The Hall–Kier alpha value is -3.55. The number of aromatic nitrogens is 5. The van der Waals surface area contributed by atoms with Crippen LogP contribution in [0.4, 0.5) is 0 Å². The molecule has 3 heterocycles. The molecule has 0 amide bonds. The average Bonchev–Trinajstić information content (AvgIpc) is 3.48. The lowest BCUT2D eigenvalue weighted by molar-refractivity contribution is -0.134. The summed E-state index contributed by atoms with van der Waals surface area (Å²) in [7, 11) is 0. The van der Waals surface area contributed by atoms with Crippen LogP contribution in [0.3, 0.4) is 0 Å². The Morgan fingerprint density at radius 2 is 2.00 bits per heavy atom. The molecule has 2 aliphatic rings. The van der Waals surface area contributed by atoms with Crippen LogP contribution in [0.2, 0.25) is 0 Å². The minimum atomic E-state index is 0.0267. The molecule has 5 rings (SSSR count). The Bertz CT molecular complexity index is 1160. The number of hydrogen-bond donors (Lipinski definition) is 1. The number of carbonyl (C=O) groups is 1. The number of pyridine rings is 1. The molecule has 0 saturated heterocycles. The maximum atomic E-state index is 12.2. The molecule has 8 nitrogen and oxygen atoms in total. The van der Waals surface area contributed by atoms with Crippen LogP contribution < -0.4 is 0 Å². The summed E-state index contributed by atoms with van der Waals surface area (Å²) in [6.45, 7) is 5.85. The number of benzene rings is 1. The van der Waals surface area contributed by atoms with Gasteiger partial charge in [0, 0.05) is 30.1 Å². The van der Waals surface area contributed by atoms with Gasteiger partial charge in [0.2, 0.25) is 5.82 Å². The number of rotatable bonds is 8. The zero-order chi connectivity index (χ0) is 22.8. The van der Waals surface area contributed by atoms with Gasteiger partial charge in [0.05, 0.1) is 24.9 Å². The van der Waals surface area contributed by atoms with Crippen molar-refractivity contribution in [1.29, 1.82) is 0 Å². The van der Waals surface area contributed by atoms with Crippen LogP contribution in [-0.2, 0) is 11.3 Å². The number of ketones is 1.